The molecule has 0 fully saturated rings. The molecule has 0 aliphatic rings. The third-order valence-corrected chi connectivity index (χ3v) is 2.54. The molecule has 1 aromatic rings. The molecule has 1 rings (SSSR count). The molecule has 1 N–H and O–H groups in total. The normalized spacial score (nSPS) is 12.1. The number of halogens is 2. The largest absolute Gasteiger partial charge is 0.302 e. The SMILES string of the molecule is CC(C#N)NCCc1cc(Br)ccc1F. The molecule has 4 heteroatoms. The standard InChI is InChI=1S/C11H12BrFN2/c1-8(7-14)15-5-4-9-6-10(12)2-3-11(9)13/h2-3,6,8,15H,4-5H2,1H3. The van der Waals surface area contributed by atoms with Gasteiger partial charge in [0.2, 0.25) is 0 Å². The zero-order valence-corrected chi connectivity index (χ0v) is 10.0. The Hall–Kier alpha value is -0.920. The maximum absolute atomic E-state index is 13.3. The van der Waals surface area contributed by atoms with Gasteiger partial charge in [-0.1, -0.05) is 15.9 Å². The van der Waals surface area contributed by atoms with Crippen LogP contribution in [0.3, 0.4) is 0 Å². The average Bonchev–Trinajstić information content (AvgIpc) is 2.23. The number of benzene rings is 1. The van der Waals surface area contributed by atoms with E-state index in [4.69, 9.17) is 5.26 Å². The van der Waals surface area contributed by atoms with Crippen molar-refractivity contribution in [2.45, 2.75) is 19.4 Å². The van der Waals surface area contributed by atoms with Crippen molar-refractivity contribution in [1.82, 2.24) is 5.32 Å². The second-order valence-corrected chi connectivity index (χ2v) is 4.21. The fourth-order valence-electron chi connectivity index (χ4n) is 1.20. The van der Waals surface area contributed by atoms with E-state index < -0.39 is 0 Å². The Bertz CT molecular complexity index is 373. The van der Waals surface area contributed by atoms with E-state index in [0.717, 1.165) is 4.47 Å². The van der Waals surface area contributed by atoms with E-state index in [1.165, 1.54) is 6.07 Å². The molecule has 0 aliphatic heterocycles. The van der Waals surface area contributed by atoms with Crippen LogP contribution < -0.4 is 5.32 Å². The third-order valence-electron chi connectivity index (χ3n) is 2.05. The van der Waals surface area contributed by atoms with Crippen molar-refractivity contribution < 1.29 is 4.39 Å². The van der Waals surface area contributed by atoms with Gasteiger partial charge >= 0.3 is 0 Å². The van der Waals surface area contributed by atoms with Crippen molar-refractivity contribution in [2.24, 2.45) is 0 Å². The fourth-order valence-corrected chi connectivity index (χ4v) is 1.61. The van der Waals surface area contributed by atoms with Crippen LogP contribution in [0.15, 0.2) is 22.7 Å². The molecule has 0 bridgehead atoms. The van der Waals surface area contributed by atoms with E-state index in [1.54, 1.807) is 19.1 Å². The lowest BCUT2D eigenvalue weighted by molar-refractivity contribution is 0.589. The van der Waals surface area contributed by atoms with Gasteiger partial charge in [-0.15, -0.1) is 0 Å². The van der Waals surface area contributed by atoms with E-state index in [0.29, 0.717) is 18.5 Å². The van der Waals surface area contributed by atoms with E-state index in [2.05, 4.69) is 27.3 Å². The maximum atomic E-state index is 13.3. The van der Waals surface area contributed by atoms with Gasteiger partial charge in [0.15, 0.2) is 0 Å². The van der Waals surface area contributed by atoms with Gasteiger partial charge < -0.3 is 5.32 Å². The van der Waals surface area contributed by atoms with E-state index in [-0.39, 0.29) is 11.9 Å². The third kappa shape index (κ3) is 3.98. The number of nitriles is 1. The Morgan fingerprint density at radius 2 is 2.33 bits per heavy atom. The molecule has 0 heterocycles. The molecule has 1 aromatic carbocycles. The van der Waals surface area contributed by atoms with Crippen molar-refractivity contribution >= 4 is 15.9 Å². The van der Waals surface area contributed by atoms with Gasteiger partial charge in [-0.05, 0) is 37.1 Å². The highest BCUT2D eigenvalue weighted by Crippen LogP contribution is 2.15. The number of hydrogen-bond donors (Lipinski definition) is 1. The Morgan fingerprint density at radius 1 is 1.60 bits per heavy atom. The summed E-state index contributed by atoms with van der Waals surface area (Å²) < 4.78 is 14.1. The molecule has 80 valence electrons. The molecule has 1 atom stereocenters. The van der Waals surface area contributed by atoms with Crippen LogP contribution in [0.1, 0.15) is 12.5 Å². The number of hydrogen-bond acceptors (Lipinski definition) is 2. The van der Waals surface area contributed by atoms with Gasteiger partial charge in [0.25, 0.3) is 0 Å². The van der Waals surface area contributed by atoms with Gasteiger partial charge in [0, 0.05) is 11.0 Å². The minimum Gasteiger partial charge on any atom is -0.302 e. The van der Waals surface area contributed by atoms with Crippen LogP contribution in [0, 0.1) is 17.1 Å². The first kappa shape index (κ1) is 12.2. The smallest absolute Gasteiger partial charge is 0.126 e. The van der Waals surface area contributed by atoms with E-state index in [1.807, 2.05) is 0 Å². The Morgan fingerprint density at radius 3 is 3.00 bits per heavy atom. The summed E-state index contributed by atoms with van der Waals surface area (Å²) in [4.78, 5) is 0. The fraction of sp³-hybridized carbons (Fsp3) is 0.364. The Kier molecular flexibility index (Phi) is 4.73. The highest BCUT2D eigenvalue weighted by Gasteiger charge is 2.03. The molecule has 1 unspecified atom stereocenters. The van der Waals surface area contributed by atoms with Gasteiger partial charge in [0.1, 0.15) is 5.82 Å². The summed E-state index contributed by atoms with van der Waals surface area (Å²) in [5.74, 6) is -0.204. The quantitative estimate of drug-likeness (QED) is 0.913. The maximum Gasteiger partial charge on any atom is 0.126 e. The van der Waals surface area contributed by atoms with Crippen molar-refractivity contribution in [2.75, 3.05) is 6.54 Å². The summed E-state index contributed by atoms with van der Waals surface area (Å²) in [7, 11) is 0. The van der Waals surface area contributed by atoms with Crippen LogP contribution in [0.5, 0.6) is 0 Å². The molecule has 0 aromatic heterocycles. The van der Waals surface area contributed by atoms with Crippen molar-refractivity contribution in [3.8, 4) is 6.07 Å². The number of rotatable bonds is 4. The van der Waals surface area contributed by atoms with Crippen LogP contribution in [0.4, 0.5) is 4.39 Å². The number of nitrogens with zero attached hydrogens (tertiary/aromatic N) is 1. The summed E-state index contributed by atoms with van der Waals surface area (Å²) in [6, 6.07) is 6.74. The Labute approximate surface area is 97.2 Å². The first-order valence-electron chi connectivity index (χ1n) is 4.70. The zero-order chi connectivity index (χ0) is 11.3. The second-order valence-electron chi connectivity index (χ2n) is 3.29. The molecule has 15 heavy (non-hydrogen) atoms. The summed E-state index contributed by atoms with van der Waals surface area (Å²) in [6.45, 7) is 2.37. The topological polar surface area (TPSA) is 35.8 Å². The monoisotopic (exact) mass is 270 g/mol. The van der Waals surface area contributed by atoms with Gasteiger partial charge in [0.05, 0.1) is 12.1 Å². The Balaban J connectivity index is 2.51. The summed E-state index contributed by atoms with van der Waals surface area (Å²) in [5.41, 5.74) is 0.655. The van der Waals surface area contributed by atoms with Crippen molar-refractivity contribution in [3.63, 3.8) is 0 Å². The first-order valence-corrected chi connectivity index (χ1v) is 5.49. The molecular formula is C11H12BrFN2. The minimum absolute atomic E-state index is 0.194. The molecule has 0 saturated carbocycles. The van der Waals surface area contributed by atoms with Crippen LogP contribution in [0.25, 0.3) is 0 Å². The zero-order valence-electron chi connectivity index (χ0n) is 8.43. The van der Waals surface area contributed by atoms with Crippen LogP contribution in [0.2, 0.25) is 0 Å². The molecule has 2 nitrogen and oxygen atoms in total. The highest BCUT2D eigenvalue weighted by atomic mass is 79.9. The molecule has 0 radical (unpaired) electrons. The first-order chi connectivity index (χ1) is 7.13. The van der Waals surface area contributed by atoms with E-state index in [9.17, 15) is 4.39 Å². The second kappa shape index (κ2) is 5.84. The molecule has 0 aliphatic carbocycles. The van der Waals surface area contributed by atoms with Crippen LogP contribution >= 0.6 is 15.9 Å². The summed E-state index contributed by atoms with van der Waals surface area (Å²) in [6.07, 6.45) is 0.581. The lowest BCUT2D eigenvalue weighted by atomic mass is 10.1. The lowest BCUT2D eigenvalue weighted by Gasteiger charge is -2.07. The minimum atomic E-state index is -0.204. The van der Waals surface area contributed by atoms with Gasteiger partial charge in [-0.2, -0.15) is 5.26 Å². The van der Waals surface area contributed by atoms with Crippen molar-refractivity contribution in [3.05, 3.63) is 34.1 Å². The van der Waals surface area contributed by atoms with E-state index >= 15 is 0 Å². The van der Waals surface area contributed by atoms with Gasteiger partial charge in [-0.25, -0.2) is 4.39 Å². The summed E-state index contributed by atoms with van der Waals surface area (Å²) >= 11 is 3.29. The molecule has 0 spiro atoms. The number of nitrogens with one attached hydrogen (secondary N) is 1. The van der Waals surface area contributed by atoms with Crippen molar-refractivity contribution in [1.29, 1.82) is 5.26 Å². The lowest BCUT2D eigenvalue weighted by Crippen LogP contribution is -2.26. The highest BCUT2D eigenvalue weighted by molar-refractivity contribution is 9.10. The molecular weight excluding hydrogens is 259 g/mol. The van der Waals surface area contributed by atoms with Crippen LogP contribution in [-0.2, 0) is 6.42 Å². The van der Waals surface area contributed by atoms with Crippen LogP contribution in [-0.4, -0.2) is 12.6 Å². The molecule has 0 amide bonds. The average molecular weight is 271 g/mol. The molecule has 0 saturated heterocycles. The predicted molar refractivity (Wildman–Crippen MR) is 60.9 cm³/mol. The van der Waals surface area contributed by atoms with Gasteiger partial charge in [-0.3, -0.25) is 0 Å². The predicted octanol–water partition coefficient (Wildman–Crippen LogP) is 2.63. The summed E-state index contributed by atoms with van der Waals surface area (Å²) in [5, 5.41) is 11.5.